The Hall–Kier alpha value is -0.960. The summed E-state index contributed by atoms with van der Waals surface area (Å²) in [6, 6.07) is 10.4. The predicted molar refractivity (Wildman–Crippen MR) is 77.9 cm³/mol. The first-order chi connectivity index (χ1) is 8.65. The van der Waals surface area contributed by atoms with Gasteiger partial charge in [0.2, 0.25) is 5.91 Å². The van der Waals surface area contributed by atoms with Crippen LogP contribution < -0.4 is 5.32 Å². The van der Waals surface area contributed by atoms with Gasteiger partial charge in [0.15, 0.2) is 0 Å². The lowest BCUT2D eigenvalue weighted by atomic mass is 10.1. The van der Waals surface area contributed by atoms with Crippen LogP contribution in [0, 0.1) is 5.92 Å². The van der Waals surface area contributed by atoms with Crippen molar-refractivity contribution in [2.75, 3.05) is 0 Å². The van der Waals surface area contributed by atoms with Gasteiger partial charge in [-0.1, -0.05) is 37.3 Å². The Balaban J connectivity index is 1.82. The fourth-order valence-corrected chi connectivity index (χ4v) is 2.85. The Labute approximate surface area is 115 Å². The van der Waals surface area contributed by atoms with Crippen molar-refractivity contribution >= 4 is 18.5 Å². The Morgan fingerprint density at radius 1 is 1.39 bits per heavy atom. The van der Waals surface area contributed by atoms with Gasteiger partial charge in [-0.15, -0.1) is 0 Å². The molecule has 1 amide bonds. The molecule has 98 valence electrons. The zero-order valence-corrected chi connectivity index (χ0v) is 11.7. The van der Waals surface area contributed by atoms with Gasteiger partial charge in [-0.2, -0.15) is 12.6 Å². The molecule has 0 saturated heterocycles. The van der Waals surface area contributed by atoms with E-state index in [0.29, 0.717) is 12.5 Å². The number of nitrogens with one attached hydrogen (secondary N) is 1. The molecule has 2 nitrogen and oxygen atoms in total. The van der Waals surface area contributed by atoms with Crippen molar-refractivity contribution in [3.63, 3.8) is 0 Å². The molecule has 0 aliphatic heterocycles. The fourth-order valence-electron chi connectivity index (χ4n) is 2.57. The molecule has 1 aromatic carbocycles. The van der Waals surface area contributed by atoms with Crippen LogP contribution in [0.15, 0.2) is 30.3 Å². The third kappa shape index (κ3) is 3.77. The summed E-state index contributed by atoms with van der Waals surface area (Å²) in [7, 11) is 0. The lowest BCUT2D eigenvalue weighted by Crippen LogP contribution is -2.39. The largest absolute Gasteiger partial charge is 0.352 e. The molecule has 0 spiro atoms. The number of carbonyl (C=O) groups is 1. The molecule has 0 aromatic heterocycles. The maximum Gasteiger partial charge on any atom is 0.233 e. The van der Waals surface area contributed by atoms with Crippen LogP contribution in [0.5, 0.6) is 0 Å². The van der Waals surface area contributed by atoms with Gasteiger partial charge in [-0.3, -0.25) is 4.79 Å². The van der Waals surface area contributed by atoms with Crippen molar-refractivity contribution < 1.29 is 4.79 Å². The van der Waals surface area contributed by atoms with Crippen molar-refractivity contribution in [1.29, 1.82) is 0 Å². The Kier molecular flexibility index (Phi) is 4.70. The van der Waals surface area contributed by atoms with E-state index in [9.17, 15) is 4.79 Å². The van der Waals surface area contributed by atoms with E-state index < -0.39 is 0 Å². The zero-order valence-electron chi connectivity index (χ0n) is 10.8. The number of rotatable bonds is 4. The van der Waals surface area contributed by atoms with E-state index in [4.69, 9.17) is 0 Å². The zero-order chi connectivity index (χ0) is 13.0. The topological polar surface area (TPSA) is 29.1 Å². The van der Waals surface area contributed by atoms with Crippen molar-refractivity contribution in [2.24, 2.45) is 5.92 Å². The van der Waals surface area contributed by atoms with Crippen LogP contribution in [0.2, 0.25) is 0 Å². The highest BCUT2D eigenvalue weighted by Crippen LogP contribution is 2.24. The molecule has 3 atom stereocenters. The van der Waals surface area contributed by atoms with Crippen molar-refractivity contribution in [3.8, 4) is 0 Å². The molecule has 18 heavy (non-hydrogen) atoms. The first-order valence-electron chi connectivity index (χ1n) is 6.67. The summed E-state index contributed by atoms with van der Waals surface area (Å²) < 4.78 is 0. The Morgan fingerprint density at radius 2 is 2.11 bits per heavy atom. The summed E-state index contributed by atoms with van der Waals surface area (Å²) in [6.45, 7) is 2.24. The lowest BCUT2D eigenvalue weighted by Gasteiger charge is -2.16. The van der Waals surface area contributed by atoms with Crippen molar-refractivity contribution in [2.45, 2.75) is 43.9 Å². The Morgan fingerprint density at radius 3 is 2.72 bits per heavy atom. The number of amides is 1. The second-order valence-electron chi connectivity index (χ2n) is 5.33. The average Bonchev–Trinajstić information content (AvgIpc) is 2.76. The van der Waals surface area contributed by atoms with Crippen molar-refractivity contribution in [3.05, 3.63) is 35.9 Å². The van der Waals surface area contributed by atoms with Crippen molar-refractivity contribution in [1.82, 2.24) is 5.32 Å². The molecule has 1 saturated carbocycles. The molecule has 1 N–H and O–H groups in total. The number of thiol groups is 1. The highest BCUT2D eigenvalue weighted by atomic mass is 32.1. The molecule has 1 aromatic rings. The highest BCUT2D eigenvalue weighted by molar-refractivity contribution is 7.81. The highest BCUT2D eigenvalue weighted by Gasteiger charge is 2.24. The number of hydrogen-bond acceptors (Lipinski definition) is 2. The third-order valence-electron chi connectivity index (χ3n) is 3.62. The minimum Gasteiger partial charge on any atom is -0.352 e. The Bertz CT molecular complexity index is 393. The van der Waals surface area contributed by atoms with Gasteiger partial charge in [0, 0.05) is 6.04 Å². The SMILES string of the molecule is CC1CCC(NC(=O)C(S)Cc2ccccc2)C1. The van der Waals surface area contributed by atoms with E-state index in [0.717, 1.165) is 24.3 Å². The van der Waals surface area contributed by atoms with Gasteiger partial charge < -0.3 is 5.32 Å². The molecular weight excluding hydrogens is 242 g/mol. The van der Waals surface area contributed by atoms with E-state index >= 15 is 0 Å². The van der Waals surface area contributed by atoms with Gasteiger partial charge >= 0.3 is 0 Å². The predicted octanol–water partition coefficient (Wildman–Crippen LogP) is 2.83. The molecular formula is C15H21NOS. The summed E-state index contributed by atoms with van der Waals surface area (Å²) in [4.78, 5) is 12.0. The van der Waals surface area contributed by atoms with Gasteiger partial charge in [-0.25, -0.2) is 0 Å². The first-order valence-corrected chi connectivity index (χ1v) is 7.19. The van der Waals surface area contributed by atoms with Crippen LogP contribution in [0.4, 0.5) is 0 Å². The van der Waals surface area contributed by atoms with Gasteiger partial charge in [0.25, 0.3) is 0 Å². The van der Waals surface area contributed by atoms with E-state index in [-0.39, 0.29) is 11.2 Å². The van der Waals surface area contributed by atoms with Crippen LogP contribution in [0.1, 0.15) is 31.7 Å². The maximum atomic E-state index is 12.0. The summed E-state index contributed by atoms with van der Waals surface area (Å²) >= 11 is 4.42. The summed E-state index contributed by atoms with van der Waals surface area (Å²) in [6.07, 6.45) is 4.13. The summed E-state index contributed by atoms with van der Waals surface area (Å²) in [5, 5.41) is 2.87. The summed E-state index contributed by atoms with van der Waals surface area (Å²) in [5.74, 6) is 0.809. The van der Waals surface area contributed by atoms with Crippen LogP contribution >= 0.6 is 12.6 Å². The second kappa shape index (κ2) is 6.28. The quantitative estimate of drug-likeness (QED) is 0.804. The molecule has 0 bridgehead atoms. The van der Waals surface area contributed by atoms with E-state index in [1.807, 2.05) is 30.3 Å². The van der Waals surface area contributed by atoms with E-state index in [2.05, 4.69) is 24.9 Å². The third-order valence-corrected chi connectivity index (χ3v) is 4.03. The van der Waals surface area contributed by atoms with Crippen LogP contribution in [0.3, 0.4) is 0 Å². The first kappa shape index (κ1) is 13.5. The molecule has 0 radical (unpaired) electrons. The normalized spacial score (nSPS) is 24.8. The minimum atomic E-state index is -0.247. The molecule has 1 aliphatic carbocycles. The van der Waals surface area contributed by atoms with E-state index in [1.54, 1.807) is 0 Å². The number of hydrogen-bond donors (Lipinski definition) is 2. The smallest absolute Gasteiger partial charge is 0.233 e. The molecule has 1 fully saturated rings. The fraction of sp³-hybridized carbons (Fsp3) is 0.533. The van der Waals surface area contributed by atoms with Gasteiger partial charge in [-0.05, 0) is 37.2 Å². The number of benzene rings is 1. The molecule has 0 heterocycles. The standard InChI is InChI=1S/C15H21NOS/c1-11-7-8-13(9-11)16-15(17)14(18)10-12-5-3-2-4-6-12/h2-6,11,13-14,18H,7-10H2,1H3,(H,16,17). The molecule has 3 heteroatoms. The van der Waals surface area contributed by atoms with Gasteiger partial charge in [0.05, 0.1) is 5.25 Å². The van der Waals surface area contributed by atoms with E-state index in [1.165, 1.54) is 6.42 Å². The maximum absolute atomic E-state index is 12.0. The molecule has 3 unspecified atom stereocenters. The number of carbonyl (C=O) groups excluding carboxylic acids is 1. The second-order valence-corrected chi connectivity index (χ2v) is 5.95. The van der Waals surface area contributed by atoms with Crippen LogP contribution in [-0.2, 0) is 11.2 Å². The molecule has 1 aliphatic rings. The van der Waals surface area contributed by atoms with Gasteiger partial charge in [0.1, 0.15) is 0 Å². The monoisotopic (exact) mass is 263 g/mol. The average molecular weight is 263 g/mol. The lowest BCUT2D eigenvalue weighted by molar-refractivity contribution is -0.121. The van der Waals surface area contributed by atoms with Crippen LogP contribution in [0.25, 0.3) is 0 Å². The minimum absolute atomic E-state index is 0.0706. The van der Waals surface area contributed by atoms with Crippen LogP contribution in [-0.4, -0.2) is 17.2 Å². The summed E-state index contributed by atoms with van der Waals surface area (Å²) in [5.41, 5.74) is 1.16. The molecule has 2 rings (SSSR count).